The van der Waals surface area contributed by atoms with Crippen LogP contribution in [0.2, 0.25) is 0 Å². The minimum Gasteiger partial charge on any atom is -0.480 e. The molecule has 0 atom stereocenters. The van der Waals surface area contributed by atoms with Crippen molar-refractivity contribution in [1.29, 1.82) is 0 Å². The molecule has 0 unspecified atom stereocenters. The third-order valence-corrected chi connectivity index (χ3v) is 4.42. The van der Waals surface area contributed by atoms with Crippen molar-refractivity contribution in [3.63, 3.8) is 0 Å². The number of rotatable bonds is 15. The average Bonchev–Trinajstić information content (AvgIpc) is 2.78. The summed E-state index contributed by atoms with van der Waals surface area (Å²) in [5.74, 6) is -4.83. The van der Waals surface area contributed by atoms with Gasteiger partial charge in [0.25, 0.3) is 0 Å². The zero-order chi connectivity index (χ0) is 27.1. The third kappa shape index (κ3) is 13.2. The third-order valence-electron chi connectivity index (χ3n) is 4.42. The van der Waals surface area contributed by atoms with Crippen LogP contribution in [0.1, 0.15) is 0 Å². The second kappa shape index (κ2) is 15.6. The Balaban J connectivity index is 4.44. The number of likely N-dealkylation sites (N-methyl/N-ethyl adjacent to an activating group) is 4. The lowest BCUT2D eigenvalue weighted by Crippen LogP contribution is -2.48. The number of carboxylic acids is 1. The molecule has 16 nitrogen and oxygen atoms in total. The first-order chi connectivity index (χ1) is 16.3. The van der Waals surface area contributed by atoms with Crippen LogP contribution in [0.3, 0.4) is 0 Å². The van der Waals surface area contributed by atoms with Gasteiger partial charge >= 0.3 is 5.97 Å². The molecule has 0 bridgehead atoms. The SMILES string of the molecule is CN(CC(=O)NCC(=O)N(C)CC(=O)N(C)CC(=O)NCC(=O)O)C(=O)CN(C)C(=O)CNC=O. The predicted molar refractivity (Wildman–Crippen MR) is 118 cm³/mol. The molecule has 35 heavy (non-hydrogen) atoms. The van der Waals surface area contributed by atoms with Crippen LogP contribution in [0.4, 0.5) is 0 Å². The molecule has 0 aliphatic rings. The van der Waals surface area contributed by atoms with Crippen molar-refractivity contribution in [2.45, 2.75) is 0 Å². The summed E-state index contributed by atoms with van der Waals surface area (Å²) in [6.07, 6.45) is 0.348. The summed E-state index contributed by atoms with van der Waals surface area (Å²) >= 11 is 0. The Hall–Kier alpha value is -4.24. The summed E-state index contributed by atoms with van der Waals surface area (Å²) in [6, 6.07) is 0. The molecule has 0 rings (SSSR count). The van der Waals surface area contributed by atoms with Gasteiger partial charge in [0.05, 0.1) is 39.3 Å². The van der Waals surface area contributed by atoms with Gasteiger partial charge in [-0.15, -0.1) is 0 Å². The zero-order valence-electron chi connectivity index (χ0n) is 20.0. The summed E-state index contributed by atoms with van der Waals surface area (Å²) in [6.45, 7) is -2.83. The van der Waals surface area contributed by atoms with Crippen LogP contribution in [0.15, 0.2) is 0 Å². The molecule has 7 amide bonds. The molecule has 0 aromatic heterocycles. The standard InChI is InChI=1S/C19H31N7O9/c1-23(17(32)10-25(3)15(30)5-20-12-27)8-13(28)21-6-16(31)26(4)11-18(33)24(2)9-14(29)22-7-19(34)35/h12H,5-11H2,1-4H3,(H,20,27)(H,21,28)(H,22,29)(H,34,35). The van der Waals surface area contributed by atoms with Crippen molar-refractivity contribution in [2.24, 2.45) is 0 Å². The molecule has 0 saturated carbocycles. The summed E-state index contributed by atoms with van der Waals surface area (Å²) in [5.41, 5.74) is 0. The normalized spacial score (nSPS) is 9.83. The van der Waals surface area contributed by atoms with Gasteiger partial charge in [-0.25, -0.2) is 0 Å². The number of carbonyl (C=O) groups excluding carboxylic acids is 7. The minimum atomic E-state index is -1.23. The van der Waals surface area contributed by atoms with Crippen LogP contribution in [-0.4, -0.2) is 147 Å². The van der Waals surface area contributed by atoms with Gasteiger partial charge in [-0.1, -0.05) is 0 Å². The molecule has 0 aliphatic carbocycles. The topological polar surface area (TPSA) is 206 Å². The summed E-state index contributed by atoms with van der Waals surface area (Å²) < 4.78 is 0. The van der Waals surface area contributed by atoms with Gasteiger partial charge < -0.3 is 40.7 Å². The highest BCUT2D eigenvalue weighted by Gasteiger charge is 2.20. The Labute approximate surface area is 201 Å². The molecule has 0 fully saturated rings. The first-order valence-electron chi connectivity index (χ1n) is 10.2. The molecule has 196 valence electrons. The van der Waals surface area contributed by atoms with Crippen molar-refractivity contribution in [3.05, 3.63) is 0 Å². The molecule has 4 N–H and O–H groups in total. The predicted octanol–water partition coefficient (Wildman–Crippen LogP) is -5.12. The number of hydrogen-bond donors (Lipinski definition) is 4. The number of nitrogens with one attached hydrogen (secondary N) is 3. The van der Waals surface area contributed by atoms with Crippen LogP contribution in [-0.2, 0) is 38.4 Å². The van der Waals surface area contributed by atoms with Gasteiger partial charge in [-0.05, 0) is 0 Å². The number of nitrogens with zero attached hydrogens (tertiary/aromatic N) is 4. The van der Waals surface area contributed by atoms with E-state index in [1.54, 1.807) is 0 Å². The summed E-state index contributed by atoms with van der Waals surface area (Å²) in [5, 5.41) is 15.1. The Morgan fingerprint density at radius 3 is 1.37 bits per heavy atom. The molecule has 0 aromatic carbocycles. The van der Waals surface area contributed by atoms with Crippen molar-refractivity contribution < 1.29 is 43.5 Å². The fourth-order valence-corrected chi connectivity index (χ4v) is 2.29. The maximum Gasteiger partial charge on any atom is 0.322 e. The summed E-state index contributed by atoms with van der Waals surface area (Å²) in [4.78, 5) is 96.6. The Kier molecular flexibility index (Phi) is 13.7. The van der Waals surface area contributed by atoms with E-state index in [1.165, 1.54) is 28.2 Å². The van der Waals surface area contributed by atoms with E-state index >= 15 is 0 Å². The highest BCUT2D eigenvalue weighted by atomic mass is 16.4. The van der Waals surface area contributed by atoms with Gasteiger partial charge in [0.15, 0.2) is 0 Å². The van der Waals surface area contributed by atoms with Crippen LogP contribution < -0.4 is 16.0 Å². The lowest BCUT2D eigenvalue weighted by atomic mass is 10.4. The van der Waals surface area contributed by atoms with E-state index in [-0.39, 0.29) is 13.1 Å². The van der Waals surface area contributed by atoms with Gasteiger partial charge in [0.2, 0.25) is 41.9 Å². The van der Waals surface area contributed by atoms with Crippen molar-refractivity contribution >= 4 is 47.8 Å². The monoisotopic (exact) mass is 501 g/mol. The van der Waals surface area contributed by atoms with Crippen molar-refractivity contribution in [1.82, 2.24) is 35.6 Å². The molecule has 0 aliphatic heterocycles. The van der Waals surface area contributed by atoms with Crippen LogP contribution in [0.5, 0.6) is 0 Å². The number of carbonyl (C=O) groups is 8. The number of hydrogen-bond acceptors (Lipinski definition) is 8. The van der Waals surface area contributed by atoms with Gasteiger partial charge in [0.1, 0.15) is 6.54 Å². The lowest BCUT2D eigenvalue weighted by Gasteiger charge is -2.23. The Morgan fingerprint density at radius 2 is 0.971 bits per heavy atom. The van der Waals surface area contributed by atoms with E-state index in [2.05, 4.69) is 16.0 Å². The second-order valence-electron chi connectivity index (χ2n) is 7.45. The molecule has 16 heteroatoms. The van der Waals surface area contributed by atoms with E-state index in [1.807, 2.05) is 0 Å². The van der Waals surface area contributed by atoms with Crippen LogP contribution in [0, 0.1) is 0 Å². The maximum absolute atomic E-state index is 12.2. The highest BCUT2D eigenvalue weighted by Crippen LogP contribution is 1.93. The van der Waals surface area contributed by atoms with E-state index in [4.69, 9.17) is 5.11 Å². The maximum atomic E-state index is 12.2. The molecule has 0 saturated heterocycles. The van der Waals surface area contributed by atoms with Crippen molar-refractivity contribution in [2.75, 3.05) is 74.0 Å². The number of aliphatic carboxylic acids is 1. The Bertz CT molecular complexity index is 833. The van der Waals surface area contributed by atoms with Crippen LogP contribution in [0.25, 0.3) is 0 Å². The van der Waals surface area contributed by atoms with Crippen LogP contribution >= 0.6 is 0 Å². The second-order valence-corrected chi connectivity index (χ2v) is 7.45. The van der Waals surface area contributed by atoms with Gasteiger partial charge in [-0.3, -0.25) is 38.4 Å². The van der Waals surface area contributed by atoms with E-state index < -0.39 is 74.1 Å². The molecule has 0 spiro atoms. The molecular weight excluding hydrogens is 470 g/mol. The molecule has 0 heterocycles. The van der Waals surface area contributed by atoms with E-state index in [0.29, 0.717) is 6.41 Å². The fraction of sp³-hybridized carbons (Fsp3) is 0.579. The van der Waals surface area contributed by atoms with E-state index in [9.17, 15) is 38.4 Å². The van der Waals surface area contributed by atoms with Crippen molar-refractivity contribution in [3.8, 4) is 0 Å². The number of carboxylic acid groups (broad SMARTS) is 1. The quantitative estimate of drug-likeness (QED) is 0.158. The average molecular weight is 501 g/mol. The smallest absolute Gasteiger partial charge is 0.322 e. The largest absolute Gasteiger partial charge is 0.480 e. The lowest BCUT2D eigenvalue weighted by molar-refractivity contribution is -0.141. The van der Waals surface area contributed by atoms with E-state index in [0.717, 1.165) is 19.6 Å². The zero-order valence-corrected chi connectivity index (χ0v) is 20.0. The highest BCUT2D eigenvalue weighted by molar-refractivity contribution is 5.92. The molecular formula is C19H31N7O9. The number of amides is 7. The fourth-order valence-electron chi connectivity index (χ4n) is 2.29. The Morgan fingerprint density at radius 1 is 0.600 bits per heavy atom. The first-order valence-corrected chi connectivity index (χ1v) is 10.2. The molecule has 0 aromatic rings. The summed E-state index contributed by atoms with van der Waals surface area (Å²) in [7, 11) is 5.31. The van der Waals surface area contributed by atoms with Gasteiger partial charge in [-0.2, -0.15) is 0 Å². The minimum absolute atomic E-state index is 0.274. The molecule has 0 radical (unpaired) electrons. The van der Waals surface area contributed by atoms with Gasteiger partial charge in [0, 0.05) is 28.2 Å². The first kappa shape index (κ1) is 30.8.